The fourth-order valence-corrected chi connectivity index (χ4v) is 0. The van der Waals surface area contributed by atoms with Gasteiger partial charge in [-0.1, -0.05) is 0 Å². The molecule has 8 heteroatoms. The Morgan fingerprint density at radius 3 is 1.33 bits per heavy atom. The number of alkyl halides is 3. The van der Waals surface area contributed by atoms with Crippen LogP contribution in [-0.4, -0.2) is 18.5 Å². The van der Waals surface area contributed by atoms with Gasteiger partial charge in [0.2, 0.25) is 0 Å². The maximum Gasteiger partial charge on any atom is 3.00 e. The van der Waals surface area contributed by atoms with Gasteiger partial charge < -0.3 is 4.55 Å². The summed E-state index contributed by atoms with van der Waals surface area (Å²) in [5.74, 6) is 0. The van der Waals surface area contributed by atoms with Gasteiger partial charge in [0.05, 0.1) is 0 Å². The summed E-state index contributed by atoms with van der Waals surface area (Å²) in [6.45, 7) is 0. The van der Waals surface area contributed by atoms with Crippen molar-refractivity contribution in [3.8, 4) is 0 Å². The second kappa shape index (κ2) is 3.36. The Labute approximate surface area is 78.2 Å². The normalized spacial score (nSPS) is 12.4. The number of hydrogen-bond acceptors (Lipinski definition) is 3. The van der Waals surface area contributed by atoms with E-state index < -0.39 is 15.6 Å². The molecule has 62 valence electrons. The van der Waals surface area contributed by atoms with Crippen LogP contribution in [0.2, 0.25) is 0 Å². The zero-order chi connectivity index (χ0) is 7.00. The molecule has 0 atom stereocenters. The third-order valence-electron chi connectivity index (χ3n) is 0.283. The first-order valence-corrected chi connectivity index (χ1v) is 2.68. The topological polar surface area (TPSA) is 57.2 Å². The van der Waals surface area contributed by atoms with Crippen molar-refractivity contribution in [3.63, 3.8) is 0 Å². The molecule has 0 radical (unpaired) electrons. The van der Waals surface area contributed by atoms with E-state index in [0.717, 1.165) is 0 Å². The van der Waals surface area contributed by atoms with Gasteiger partial charge >= 0.3 is 42.4 Å². The fraction of sp³-hybridized carbons (Fsp3) is 1.00. The van der Waals surface area contributed by atoms with Crippen LogP contribution in [-0.2, 0) is 10.1 Å². The average molecular weight is 324 g/mol. The van der Waals surface area contributed by atoms with Gasteiger partial charge in [-0.2, -0.15) is 13.2 Å². The molecule has 0 aliphatic heterocycles. The van der Waals surface area contributed by atoms with Crippen molar-refractivity contribution in [2.24, 2.45) is 0 Å². The van der Waals surface area contributed by atoms with E-state index in [1.807, 2.05) is 0 Å². The molecule has 0 amide bonds. The SMILES string of the molecule is O=S(=O)([O-])C(F)(F)F.[Lu+3]. The van der Waals surface area contributed by atoms with Crippen molar-refractivity contribution in [2.45, 2.75) is 5.51 Å². The van der Waals surface area contributed by atoms with Gasteiger partial charge in [0, 0.05) is 0 Å². The Balaban J connectivity index is 0. The summed E-state index contributed by atoms with van der Waals surface area (Å²) < 4.78 is 58.9. The van der Waals surface area contributed by atoms with Gasteiger partial charge in [0.15, 0.2) is 10.1 Å². The Hall–Kier alpha value is 0.934. The minimum absolute atomic E-state index is 0. The molecule has 0 aliphatic rings. The van der Waals surface area contributed by atoms with Crippen molar-refractivity contribution >= 4 is 10.1 Å². The molecule has 0 aromatic rings. The molecular formula is CF3LuO3S+2. The van der Waals surface area contributed by atoms with E-state index in [1.54, 1.807) is 0 Å². The summed E-state index contributed by atoms with van der Waals surface area (Å²) in [4.78, 5) is 0. The average Bonchev–Trinajstić information content (AvgIpc) is 1.25. The van der Waals surface area contributed by atoms with Crippen LogP contribution in [0.4, 0.5) is 13.2 Å². The molecule has 0 spiro atoms. The van der Waals surface area contributed by atoms with E-state index in [9.17, 15) is 13.2 Å². The largest absolute Gasteiger partial charge is 3.00 e. The van der Waals surface area contributed by atoms with Crippen molar-refractivity contribution in [2.75, 3.05) is 0 Å². The molecular weight excluding hydrogens is 324 g/mol. The first-order chi connectivity index (χ1) is 3.25. The smallest absolute Gasteiger partial charge is 0.741 e. The van der Waals surface area contributed by atoms with E-state index in [0.29, 0.717) is 0 Å². The first kappa shape index (κ1) is 12.6. The maximum atomic E-state index is 10.7. The molecule has 0 rings (SSSR count). The van der Waals surface area contributed by atoms with Gasteiger partial charge in [-0.15, -0.1) is 0 Å². The molecule has 0 saturated heterocycles. The predicted octanol–water partition coefficient (Wildman–Crippen LogP) is 0.0514. The fourth-order valence-electron chi connectivity index (χ4n) is 0. The summed E-state index contributed by atoms with van der Waals surface area (Å²) >= 11 is 0. The Bertz CT molecular complexity index is 168. The third kappa shape index (κ3) is 4.35. The van der Waals surface area contributed by atoms with Gasteiger partial charge in [-0.05, 0) is 0 Å². The van der Waals surface area contributed by atoms with Gasteiger partial charge in [0.25, 0.3) is 0 Å². The molecule has 0 unspecified atom stereocenters. The summed E-state index contributed by atoms with van der Waals surface area (Å²) in [7, 11) is -6.09. The first-order valence-electron chi connectivity index (χ1n) is 1.27. The number of rotatable bonds is 0. The molecule has 0 saturated carbocycles. The minimum Gasteiger partial charge on any atom is -0.741 e. The van der Waals surface area contributed by atoms with Crippen LogP contribution in [0.3, 0.4) is 0 Å². The summed E-state index contributed by atoms with van der Waals surface area (Å²) in [5.41, 5.74) is -5.65. The van der Waals surface area contributed by atoms with Crippen LogP contribution >= 0.6 is 0 Å². The zero-order valence-corrected chi connectivity index (χ0v) is 6.00. The Kier molecular flexibility index (Phi) is 4.70. The Morgan fingerprint density at radius 1 is 1.22 bits per heavy atom. The maximum absolute atomic E-state index is 10.7. The van der Waals surface area contributed by atoms with Crippen molar-refractivity contribution in [3.05, 3.63) is 0 Å². The van der Waals surface area contributed by atoms with Crippen LogP contribution in [0.1, 0.15) is 0 Å². The van der Waals surface area contributed by atoms with E-state index in [2.05, 4.69) is 0 Å². The number of hydrogen-bond donors (Lipinski definition) is 0. The molecule has 0 aliphatic carbocycles. The number of halogens is 3. The monoisotopic (exact) mass is 324 g/mol. The van der Waals surface area contributed by atoms with E-state index in [4.69, 9.17) is 13.0 Å². The molecule has 9 heavy (non-hydrogen) atoms. The summed E-state index contributed by atoms with van der Waals surface area (Å²) in [5, 5.41) is 0. The van der Waals surface area contributed by atoms with E-state index in [1.165, 1.54) is 0 Å². The molecule has 3 nitrogen and oxygen atoms in total. The van der Waals surface area contributed by atoms with Crippen LogP contribution in [0, 0.1) is 36.9 Å². The van der Waals surface area contributed by atoms with Crippen LogP contribution < -0.4 is 0 Å². The van der Waals surface area contributed by atoms with Crippen LogP contribution in [0.15, 0.2) is 0 Å². The quantitative estimate of drug-likeness (QED) is 0.467. The summed E-state index contributed by atoms with van der Waals surface area (Å²) in [6.07, 6.45) is 0. The molecule has 0 fully saturated rings. The second-order valence-corrected chi connectivity index (χ2v) is 2.27. The molecule has 0 bridgehead atoms. The van der Waals surface area contributed by atoms with Crippen molar-refractivity contribution in [1.82, 2.24) is 0 Å². The third-order valence-corrected chi connectivity index (χ3v) is 0.850. The van der Waals surface area contributed by atoms with Crippen molar-refractivity contribution < 1.29 is 63.0 Å². The van der Waals surface area contributed by atoms with E-state index in [-0.39, 0.29) is 36.9 Å². The van der Waals surface area contributed by atoms with Crippen molar-refractivity contribution in [1.29, 1.82) is 0 Å². The van der Waals surface area contributed by atoms with Crippen LogP contribution in [0.25, 0.3) is 0 Å². The molecule has 0 aromatic heterocycles. The minimum atomic E-state index is -6.09. The molecule has 0 N–H and O–H groups in total. The van der Waals surface area contributed by atoms with Crippen LogP contribution in [0.5, 0.6) is 0 Å². The van der Waals surface area contributed by atoms with Gasteiger partial charge in [-0.3, -0.25) is 0 Å². The predicted molar refractivity (Wildman–Crippen MR) is 15.8 cm³/mol. The zero-order valence-electron chi connectivity index (χ0n) is 3.53. The standard InChI is InChI=1S/CHF3O3S.Lu/c2-1(3,4)8(5,6)7;/h(H,5,6,7);/q;+3/p-1. The van der Waals surface area contributed by atoms with E-state index >= 15 is 0 Å². The second-order valence-electron chi connectivity index (χ2n) is 0.900. The van der Waals surface area contributed by atoms with Gasteiger partial charge in [0.1, 0.15) is 0 Å². The Morgan fingerprint density at radius 2 is 1.33 bits per heavy atom. The summed E-state index contributed by atoms with van der Waals surface area (Å²) in [6, 6.07) is 0. The molecule has 0 heterocycles. The molecule has 0 aromatic carbocycles. The van der Waals surface area contributed by atoms with Gasteiger partial charge in [-0.25, -0.2) is 8.42 Å².